The number of carbonyl (C=O) groups excluding carboxylic acids is 2. The predicted octanol–water partition coefficient (Wildman–Crippen LogP) is 2.21. The van der Waals surface area contributed by atoms with Crippen LogP contribution in [0.5, 0.6) is 0 Å². The normalized spacial score (nSPS) is 29.9. The number of ether oxygens (including phenoxy) is 2. The summed E-state index contributed by atoms with van der Waals surface area (Å²) in [6.45, 7) is 4.91. The summed E-state index contributed by atoms with van der Waals surface area (Å²) in [6.07, 6.45) is 9.35. The van der Waals surface area contributed by atoms with Crippen molar-refractivity contribution in [1.29, 1.82) is 0 Å². The number of rotatable bonds is 3. The second-order valence-corrected chi connectivity index (χ2v) is 8.94. The Morgan fingerprint density at radius 3 is 2.52 bits per heavy atom. The molecule has 0 aromatic carbocycles. The van der Waals surface area contributed by atoms with E-state index in [1.807, 2.05) is 4.90 Å². The van der Waals surface area contributed by atoms with Crippen molar-refractivity contribution in [3.63, 3.8) is 0 Å². The lowest BCUT2D eigenvalue weighted by Crippen LogP contribution is -2.50. The molecular formula is C21H34N2O4. The Hall–Kier alpha value is -1.14. The van der Waals surface area contributed by atoms with Crippen molar-refractivity contribution in [1.82, 2.24) is 9.80 Å². The fourth-order valence-electron chi connectivity index (χ4n) is 5.25. The number of nitrogens with zero attached hydrogens (tertiary/aromatic N) is 2. The molecule has 1 spiro atoms. The molecule has 0 aromatic heterocycles. The van der Waals surface area contributed by atoms with E-state index >= 15 is 0 Å². The summed E-state index contributed by atoms with van der Waals surface area (Å²) in [5.74, 6) is 1.18. The van der Waals surface area contributed by atoms with Crippen LogP contribution in [0.3, 0.4) is 0 Å². The number of likely N-dealkylation sites (tertiary alicyclic amines) is 1. The summed E-state index contributed by atoms with van der Waals surface area (Å²) >= 11 is 0. The molecule has 3 saturated heterocycles. The highest BCUT2D eigenvalue weighted by atomic mass is 16.5. The first-order valence-corrected chi connectivity index (χ1v) is 10.9. The zero-order valence-corrected chi connectivity index (χ0v) is 16.5. The van der Waals surface area contributed by atoms with E-state index in [4.69, 9.17) is 9.47 Å². The second-order valence-electron chi connectivity index (χ2n) is 8.94. The summed E-state index contributed by atoms with van der Waals surface area (Å²) in [5, 5.41) is 0. The van der Waals surface area contributed by atoms with Gasteiger partial charge < -0.3 is 19.3 Å². The van der Waals surface area contributed by atoms with Crippen LogP contribution in [-0.4, -0.2) is 73.2 Å². The molecule has 0 aromatic rings. The van der Waals surface area contributed by atoms with Crippen LogP contribution in [0.25, 0.3) is 0 Å². The largest absolute Gasteiger partial charge is 0.381 e. The Morgan fingerprint density at radius 2 is 1.81 bits per heavy atom. The first-order chi connectivity index (χ1) is 13.2. The maximum Gasteiger partial charge on any atom is 0.228 e. The quantitative estimate of drug-likeness (QED) is 0.756. The number of hydrogen-bond donors (Lipinski definition) is 0. The first-order valence-electron chi connectivity index (χ1n) is 10.9. The summed E-state index contributed by atoms with van der Waals surface area (Å²) in [7, 11) is 0. The fourth-order valence-corrected chi connectivity index (χ4v) is 5.25. The third kappa shape index (κ3) is 4.48. The second kappa shape index (κ2) is 8.48. The van der Waals surface area contributed by atoms with Crippen molar-refractivity contribution < 1.29 is 19.1 Å². The van der Waals surface area contributed by atoms with Crippen molar-refractivity contribution >= 4 is 11.8 Å². The molecule has 4 fully saturated rings. The van der Waals surface area contributed by atoms with Crippen LogP contribution in [0, 0.1) is 11.8 Å². The van der Waals surface area contributed by atoms with Gasteiger partial charge in [-0.05, 0) is 38.0 Å². The number of piperidine rings is 1. The van der Waals surface area contributed by atoms with Crippen molar-refractivity contribution in [3.8, 4) is 0 Å². The van der Waals surface area contributed by atoms with Gasteiger partial charge in [0.15, 0.2) is 0 Å². The Labute approximate surface area is 162 Å². The molecule has 2 amide bonds. The molecule has 6 heteroatoms. The number of amides is 2. The average molecular weight is 379 g/mol. The zero-order chi connectivity index (χ0) is 18.7. The molecular weight excluding hydrogens is 344 g/mol. The molecule has 152 valence electrons. The molecule has 1 atom stereocenters. The molecule has 1 unspecified atom stereocenters. The average Bonchev–Trinajstić information content (AvgIpc) is 3.18. The van der Waals surface area contributed by atoms with Gasteiger partial charge in [0.2, 0.25) is 11.8 Å². The van der Waals surface area contributed by atoms with Gasteiger partial charge in [-0.2, -0.15) is 0 Å². The smallest absolute Gasteiger partial charge is 0.228 e. The Kier molecular flexibility index (Phi) is 6.02. The summed E-state index contributed by atoms with van der Waals surface area (Å²) < 4.78 is 11.6. The van der Waals surface area contributed by atoms with Gasteiger partial charge in [0.1, 0.15) is 0 Å². The van der Waals surface area contributed by atoms with Crippen LogP contribution >= 0.6 is 0 Å². The zero-order valence-electron chi connectivity index (χ0n) is 16.5. The highest BCUT2D eigenvalue weighted by Gasteiger charge is 2.42. The van der Waals surface area contributed by atoms with E-state index < -0.39 is 0 Å². The third-order valence-electron chi connectivity index (χ3n) is 7.06. The van der Waals surface area contributed by atoms with Crippen molar-refractivity contribution in [3.05, 3.63) is 0 Å². The molecule has 3 heterocycles. The number of carbonyl (C=O) groups is 2. The van der Waals surface area contributed by atoms with Gasteiger partial charge >= 0.3 is 0 Å². The van der Waals surface area contributed by atoms with E-state index in [2.05, 4.69) is 4.90 Å². The molecule has 4 aliphatic rings. The maximum atomic E-state index is 12.9. The van der Waals surface area contributed by atoms with E-state index in [-0.39, 0.29) is 23.3 Å². The Morgan fingerprint density at radius 1 is 1.04 bits per heavy atom. The fraction of sp³-hybridized carbons (Fsp3) is 0.905. The monoisotopic (exact) mass is 378 g/mol. The van der Waals surface area contributed by atoms with Crippen molar-refractivity contribution in [2.45, 2.75) is 63.4 Å². The predicted molar refractivity (Wildman–Crippen MR) is 101 cm³/mol. The molecule has 1 aliphatic carbocycles. The van der Waals surface area contributed by atoms with Crippen LogP contribution in [0.4, 0.5) is 0 Å². The van der Waals surface area contributed by atoms with Crippen LogP contribution in [0.2, 0.25) is 0 Å². The van der Waals surface area contributed by atoms with E-state index in [1.165, 1.54) is 32.1 Å². The van der Waals surface area contributed by atoms with Crippen LogP contribution in [0.15, 0.2) is 0 Å². The summed E-state index contributed by atoms with van der Waals surface area (Å²) in [5.41, 5.74) is -0.360. The van der Waals surface area contributed by atoms with Gasteiger partial charge in [0, 0.05) is 32.8 Å². The molecule has 0 radical (unpaired) electrons. The van der Waals surface area contributed by atoms with Gasteiger partial charge in [-0.15, -0.1) is 0 Å². The van der Waals surface area contributed by atoms with E-state index in [0.717, 1.165) is 32.4 Å². The minimum atomic E-state index is -0.360. The molecule has 0 N–H and O–H groups in total. The highest BCUT2D eigenvalue weighted by molar-refractivity contribution is 5.80. The molecule has 3 aliphatic heterocycles. The lowest BCUT2D eigenvalue weighted by molar-refractivity contribution is -0.144. The van der Waals surface area contributed by atoms with Gasteiger partial charge in [0.25, 0.3) is 0 Å². The van der Waals surface area contributed by atoms with Crippen LogP contribution in [-0.2, 0) is 19.1 Å². The van der Waals surface area contributed by atoms with Gasteiger partial charge in [-0.1, -0.05) is 19.3 Å². The highest BCUT2D eigenvalue weighted by Crippen LogP contribution is 2.34. The summed E-state index contributed by atoms with van der Waals surface area (Å²) in [4.78, 5) is 29.6. The third-order valence-corrected chi connectivity index (χ3v) is 7.06. The lowest BCUT2D eigenvalue weighted by Gasteiger charge is -2.41. The number of hydrogen-bond acceptors (Lipinski definition) is 4. The molecule has 1 saturated carbocycles. The first kappa shape index (κ1) is 19.2. The minimum Gasteiger partial charge on any atom is -0.381 e. The van der Waals surface area contributed by atoms with E-state index in [1.54, 1.807) is 0 Å². The van der Waals surface area contributed by atoms with E-state index in [9.17, 15) is 9.59 Å². The topological polar surface area (TPSA) is 59.1 Å². The standard InChI is InChI=1S/C21H34N2O4/c24-19-14-21(27-13-11-23(19)15-17-4-2-1-3-5-17)7-9-22(10-8-21)20(25)18-6-12-26-16-18/h17-18H,1-16H2. The molecule has 27 heavy (non-hydrogen) atoms. The lowest BCUT2D eigenvalue weighted by atomic mass is 9.86. The van der Waals surface area contributed by atoms with Crippen molar-refractivity contribution in [2.75, 3.05) is 46.0 Å². The van der Waals surface area contributed by atoms with Crippen LogP contribution in [0.1, 0.15) is 57.8 Å². The molecule has 6 nitrogen and oxygen atoms in total. The Balaban J connectivity index is 1.30. The van der Waals surface area contributed by atoms with Crippen LogP contribution < -0.4 is 0 Å². The summed E-state index contributed by atoms with van der Waals surface area (Å²) in [6, 6.07) is 0. The van der Waals surface area contributed by atoms with Crippen molar-refractivity contribution in [2.24, 2.45) is 11.8 Å². The van der Waals surface area contributed by atoms with Gasteiger partial charge in [0.05, 0.1) is 31.2 Å². The molecule has 4 rings (SSSR count). The Bertz CT molecular complexity index is 532. The van der Waals surface area contributed by atoms with Gasteiger partial charge in [-0.3, -0.25) is 9.59 Å². The minimum absolute atomic E-state index is 0.0294. The SMILES string of the molecule is O=C1CC2(CCN(C(=O)C3CCOC3)CC2)OCCN1CC1CCCCC1. The maximum absolute atomic E-state index is 12.9. The van der Waals surface area contributed by atoms with E-state index in [0.29, 0.717) is 45.2 Å². The van der Waals surface area contributed by atoms with Gasteiger partial charge in [-0.25, -0.2) is 0 Å². The molecule has 0 bridgehead atoms.